The zero-order chi connectivity index (χ0) is 14.2. The van der Waals surface area contributed by atoms with Crippen LogP contribution in [0.4, 0.5) is 0 Å². The summed E-state index contributed by atoms with van der Waals surface area (Å²) in [6, 6.07) is 9.53. The third kappa shape index (κ3) is 5.46. The predicted molar refractivity (Wildman–Crippen MR) is 78.1 cm³/mol. The summed E-state index contributed by atoms with van der Waals surface area (Å²) in [5, 5.41) is 13.1. The smallest absolute Gasteiger partial charge is 0.119 e. The standard InChI is InChI=1S/C15H24N2O3/c1-17-7-8-19-15(11-17)10-16-9-13(18)12-20-14-5-3-2-4-6-14/h2-6,13,15-16,18H,7-12H2,1H3. The number of hydrogen-bond acceptors (Lipinski definition) is 5. The second-order valence-electron chi connectivity index (χ2n) is 5.19. The summed E-state index contributed by atoms with van der Waals surface area (Å²) in [5.41, 5.74) is 0. The third-order valence-corrected chi connectivity index (χ3v) is 3.28. The van der Waals surface area contributed by atoms with Crippen LogP contribution in [0.1, 0.15) is 0 Å². The van der Waals surface area contributed by atoms with Gasteiger partial charge in [0.2, 0.25) is 0 Å². The number of hydrogen-bond donors (Lipinski definition) is 2. The van der Waals surface area contributed by atoms with E-state index < -0.39 is 6.10 Å². The molecule has 0 saturated carbocycles. The molecule has 0 amide bonds. The molecule has 5 heteroatoms. The number of benzene rings is 1. The summed E-state index contributed by atoms with van der Waals surface area (Å²) >= 11 is 0. The fourth-order valence-corrected chi connectivity index (χ4v) is 2.17. The van der Waals surface area contributed by atoms with E-state index in [1.807, 2.05) is 30.3 Å². The Morgan fingerprint density at radius 3 is 3.00 bits per heavy atom. The van der Waals surface area contributed by atoms with Gasteiger partial charge in [0.15, 0.2) is 0 Å². The van der Waals surface area contributed by atoms with E-state index >= 15 is 0 Å². The maximum absolute atomic E-state index is 9.85. The molecule has 1 aliphatic heterocycles. The Morgan fingerprint density at radius 2 is 2.25 bits per heavy atom. The first kappa shape index (κ1) is 15.3. The van der Waals surface area contributed by atoms with E-state index in [1.165, 1.54) is 0 Å². The van der Waals surface area contributed by atoms with Gasteiger partial charge in [0.1, 0.15) is 18.5 Å². The average Bonchev–Trinajstić information content (AvgIpc) is 2.46. The van der Waals surface area contributed by atoms with Gasteiger partial charge in [-0.15, -0.1) is 0 Å². The lowest BCUT2D eigenvalue weighted by Gasteiger charge is -2.30. The normalized spacial score (nSPS) is 21.6. The molecule has 1 fully saturated rings. The summed E-state index contributed by atoms with van der Waals surface area (Å²) < 4.78 is 11.1. The molecular weight excluding hydrogens is 256 g/mol. The van der Waals surface area contributed by atoms with Crippen molar-refractivity contribution < 1.29 is 14.6 Å². The van der Waals surface area contributed by atoms with Gasteiger partial charge in [0, 0.05) is 26.2 Å². The zero-order valence-electron chi connectivity index (χ0n) is 12.0. The summed E-state index contributed by atoms with van der Waals surface area (Å²) in [5.74, 6) is 0.781. The highest BCUT2D eigenvalue weighted by Gasteiger charge is 2.17. The lowest BCUT2D eigenvalue weighted by Crippen LogP contribution is -2.46. The number of morpholine rings is 1. The topological polar surface area (TPSA) is 54.0 Å². The first-order valence-electron chi connectivity index (χ1n) is 7.11. The summed E-state index contributed by atoms with van der Waals surface area (Å²) in [4.78, 5) is 2.25. The SMILES string of the molecule is CN1CCOC(CNCC(O)COc2ccccc2)C1. The van der Waals surface area contributed by atoms with Crippen LogP contribution in [0.5, 0.6) is 5.75 Å². The van der Waals surface area contributed by atoms with Crippen molar-refractivity contribution in [2.75, 3.05) is 46.4 Å². The Morgan fingerprint density at radius 1 is 1.45 bits per heavy atom. The van der Waals surface area contributed by atoms with Crippen LogP contribution < -0.4 is 10.1 Å². The van der Waals surface area contributed by atoms with E-state index in [0.717, 1.165) is 32.0 Å². The number of nitrogens with one attached hydrogen (secondary N) is 1. The van der Waals surface area contributed by atoms with Crippen molar-refractivity contribution in [1.82, 2.24) is 10.2 Å². The first-order chi connectivity index (χ1) is 9.74. The van der Waals surface area contributed by atoms with E-state index in [0.29, 0.717) is 13.2 Å². The first-order valence-corrected chi connectivity index (χ1v) is 7.11. The molecule has 1 aliphatic rings. The minimum Gasteiger partial charge on any atom is -0.491 e. The molecule has 0 aliphatic carbocycles. The molecule has 2 N–H and O–H groups in total. The Bertz CT molecular complexity index is 375. The number of aliphatic hydroxyl groups excluding tert-OH is 1. The molecule has 2 rings (SSSR count). The number of para-hydroxylation sites is 1. The molecule has 20 heavy (non-hydrogen) atoms. The lowest BCUT2D eigenvalue weighted by atomic mass is 10.2. The second kappa shape index (κ2) is 8.21. The van der Waals surface area contributed by atoms with Crippen molar-refractivity contribution in [2.45, 2.75) is 12.2 Å². The molecule has 0 bridgehead atoms. The minimum atomic E-state index is -0.517. The van der Waals surface area contributed by atoms with Crippen molar-refractivity contribution in [2.24, 2.45) is 0 Å². The molecule has 1 aromatic carbocycles. The number of likely N-dealkylation sites (N-methyl/N-ethyl adjacent to an activating group) is 1. The number of aliphatic hydroxyl groups is 1. The molecule has 2 atom stereocenters. The molecule has 0 aromatic heterocycles. The molecular formula is C15H24N2O3. The largest absolute Gasteiger partial charge is 0.491 e. The van der Waals surface area contributed by atoms with Crippen LogP contribution in [-0.4, -0.2) is 68.7 Å². The molecule has 0 spiro atoms. The highest BCUT2D eigenvalue weighted by atomic mass is 16.5. The molecule has 5 nitrogen and oxygen atoms in total. The quantitative estimate of drug-likeness (QED) is 0.755. The molecule has 1 aromatic rings. The summed E-state index contributed by atoms with van der Waals surface area (Å²) in [6.45, 7) is 4.27. The van der Waals surface area contributed by atoms with E-state index in [-0.39, 0.29) is 6.10 Å². The van der Waals surface area contributed by atoms with E-state index in [4.69, 9.17) is 9.47 Å². The van der Waals surface area contributed by atoms with Gasteiger partial charge in [-0.3, -0.25) is 0 Å². The number of nitrogens with zero attached hydrogens (tertiary/aromatic N) is 1. The van der Waals surface area contributed by atoms with Gasteiger partial charge in [-0.2, -0.15) is 0 Å². The second-order valence-corrected chi connectivity index (χ2v) is 5.19. The van der Waals surface area contributed by atoms with Crippen molar-refractivity contribution in [3.63, 3.8) is 0 Å². The van der Waals surface area contributed by atoms with Crippen LogP contribution >= 0.6 is 0 Å². The van der Waals surface area contributed by atoms with E-state index in [9.17, 15) is 5.11 Å². The van der Waals surface area contributed by atoms with Crippen LogP contribution in [0.3, 0.4) is 0 Å². The van der Waals surface area contributed by atoms with Crippen LogP contribution in [0.25, 0.3) is 0 Å². The van der Waals surface area contributed by atoms with E-state index in [1.54, 1.807) is 0 Å². The van der Waals surface area contributed by atoms with Crippen LogP contribution in [0.15, 0.2) is 30.3 Å². The van der Waals surface area contributed by atoms with Crippen molar-refractivity contribution >= 4 is 0 Å². The summed E-state index contributed by atoms with van der Waals surface area (Å²) in [7, 11) is 2.10. The Hall–Kier alpha value is -1.14. The summed E-state index contributed by atoms with van der Waals surface area (Å²) in [6.07, 6.45) is -0.312. The number of ether oxygens (including phenoxy) is 2. The lowest BCUT2D eigenvalue weighted by molar-refractivity contribution is -0.0196. The fraction of sp³-hybridized carbons (Fsp3) is 0.600. The van der Waals surface area contributed by atoms with Gasteiger partial charge >= 0.3 is 0 Å². The highest BCUT2D eigenvalue weighted by Crippen LogP contribution is 2.08. The Kier molecular flexibility index (Phi) is 6.26. The third-order valence-electron chi connectivity index (χ3n) is 3.28. The van der Waals surface area contributed by atoms with Crippen LogP contribution in [0.2, 0.25) is 0 Å². The molecule has 112 valence electrons. The average molecular weight is 280 g/mol. The van der Waals surface area contributed by atoms with Gasteiger partial charge in [-0.05, 0) is 19.2 Å². The maximum Gasteiger partial charge on any atom is 0.119 e. The highest BCUT2D eigenvalue weighted by molar-refractivity contribution is 5.20. The molecule has 2 unspecified atom stereocenters. The monoisotopic (exact) mass is 280 g/mol. The minimum absolute atomic E-state index is 0.205. The maximum atomic E-state index is 9.85. The fourth-order valence-electron chi connectivity index (χ4n) is 2.17. The van der Waals surface area contributed by atoms with Crippen LogP contribution in [0, 0.1) is 0 Å². The number of rotatable bonds is 7. The molecule has 1 heterocycles. The van der Waals surface area contributed by atoms with Gasteiger partial charge in [0.25, 0.3) is 0 Å². The van der Waals surface area contributed by atoms with Crippen molar-refractivity contribution in [1.29, 1.82) is 0 Å². The van der Waals surface area contributed by atoms with Crippen molar-refractivity contribution in [3.8, 4) is 5.75 Å². The predicted octanol–water partition coefficient (Wildman–Crippen LogP) is 0.347. The van der Waals surface area contributed by atoms with Gasteiger partial charge in [-0.1, -0.05) is 18.2 Å². The Balaban J connectivity index is 1.57. The van der Waals surface area contributed by atoms with Gasteiger partial charge in [0.05, 0.1) is 12.7 Å². The van der Waals surface area contributed by atoms with Gasteiger partial charge in [-0.25, -0.2) is 0 Å². The van der Waals surface area contributed by atoms with E-state index in [2.05, 4.69) is 17.3 Å². The Labute approximate surface area is 120 Å². The molecule has 1 saturated heterocycles. The molecule has 0 radical (unpaired) electrons. The zero-order valence-corrected chi connectivity index (χ0v) is 12.0. The van der Waals surface area contributed by atoms with Crippen LogP contribution in [-0.2, 0) is 4.74 Å². The van der Waals surface area contributed by atoms with Gasteiger partial charge < -0.3 is 24.8 Å². The van der Waals surface area contributed by atoms with Crippen molar-refractivity contribution in [3.05, 3.63) is 30.3 Å².